The van der Waals surface area contributed by atoms with E-state index < -0.39 is 0 Å². The van der Waals surface area contributed by atoms with Gasteiger partial charge < -0.3 is 10.2 Å². The van der Waals surface area contributed by atoms with Crippen molar-refractivity contribution in [3.05, 3.63) is 71.2 Å². The van der Waals surface area contributed by atoms with Gasteiger partial charge >= 0.3 is 0 Å². The molecular weight excluding hydrogens is 382 g/mol. The Morgan fingerprint density at radius 3 is 2.76 bits per heavy atom. The first-order valence-electron chi connectivity index (χ1n) is 9.46. The summed E-state index contributed by atoms with van der Waals surface area (Å²) >= 11 is 1.63. The number of carbonyl (C=O) groups is 1. The maximum absolute atomic E-state index is 12.6. The van der Waals surface area contributed by atoms with Crippen LogP contribution in [0.3, 0.4) is 0 Å². The lowest BCUT2D eigenvalue weighted by Gasteiger charge is -2.23. The molecule has 0 saturated carbocycles. The molecule has 1 aromatic carbocycles. The second kappa shape index (κ2) is 8.79. The summed E-state index contributed by atoms with van der Waals surface area (Å²) < 4.78 is 0. The van der Waals surface area contributed by atoms with Gasteiger partial charge in [0.1, 0.15) is 5.82 Å². The number of para-hydroxylation sites is 1. The van der Waals surface area contributed by atoms with Crippen LogP contribution in [0.2, 0.25) is 0 Å². The number of pyridine rings is 1. The molecule has 7 heteroatoms. The predicted octanol–water partition coefficient (Wildman–Crippen LogP) is 3.90. The third-order valence-electron chi connectivity index (χ3n) is 4.56. The molecule has 0 unspecified atom stereocenters. The van der Waals surface area contributed by atoms with Crippen LogP contribution < -0.4 is 10.2 Å². The lowest BCUT2D eigenvalue weighted by Crippen LogP contribution is -2.37. The van der Waals surface area contributed by atoms with Gasteiger partial charge in [-0.15, -0.1) is 11.3 Å². The van der Waals surface area contributed by atoms with Gasteiger partial charge in [-0.2, -0.15) is 0 Å². The quantitative estimate of drug-likeness (QED) is 0.507. The number of fused-ring (bicyclic) bond motifs is 1. The van der Waals surface area contributed by atoms with E-state index in [0.29, 0.717) is 18.9 Å². The van der Waals surface area contributed by atoms with Crippen LogP contribution in [0.1, 0.15) is 11.8 Å². The van der Waals surface area contributed by atoms with Gasteiger partial charge in [-0.05, 0) is 42.6 Å². The third-order valence-corrected chi connectivity index (χ3v) is 5.43. The van der Waals surface area contributed by atoms with Gasteiger partial charge in [0.25, 0.3) is 0 Å². The first kappa shape index (κ1) is 19.0. The van der Waals surface area contributed by atoms with Crippen LogP contribution in [0.15, 0.2) is 66.3 Å². The van der Waals surface area contributed by atoms with Crippen molar-refractivity contribution in [1.29, 1.82) is 0 Å². The van der Waals surface area contributed by atoms with E-state index in [1.54, 1.807) is 23.7 Å². The molecular formula is C22H21N5OS. The minimum Gasteiger partial charge on any atom is -0.350 e. The summed E-state index contributed by atoms with van der Waals surface area (Å²) in [7, 11) is 0. The molecule has 3 aromatic heterocycles. The molecule has 146 valence electrons. The van der Waals surface area contributed by atoms with Crippen molar-refractivity contribution in [2.45, 2.75) is 13.5 Å². The summed E-state index contributed by atoms with van der Waals surface area (Å²) in [5.74, 6) is 1.32. The summed E-state index contributed by atoms with van der Waals surface area (Å²) in [6.45, 7) is 3.45. The van der Waals surface area contributed by atoms with Crippen molar-refractivity contribution in [2.75, 3.05) is 18.0 Å². The van der Waals surface area contributed by atoms with Crippen LogP contribution in [0.5, 0.6) is 0 Å². The smallest absolute Gasteiger partial charge is 0.239 e. The molecule has 3 heterocycles. The van der Waals surface area contributed by atoms with Gasteiger partial charge in [0.2, 0.25) is 5.91 Å². The number of hydrogen-bond acceptors (Lipinski definition) is 6. The Morgan fingerprint density at radius 2 is 2.00 bits per heavy atom. The van der Waals surface area contributed by atoms with Crippen LogP contribution in [0.4, 0.5) is 5.82 Å². The average Bonchev–Trinajstić information content (AvgIpc) is 3.30. The highest BCUT2D eigenvalue weighted by molar-refractivity contribution is 7.09. The highest BCUT2D eigenvalue weighted by Gasteiger charge is 2.17. The zero-order chi connectivity index (χ0) is 20.1. The second-order valence-corrected chi connectivity index (χ2v) is 7.53. The van der Waals surface area contributed by atoms with E-state index in [9.17, 15) is 4.79 Å². The summed E-state index contributed by atoms with van der Waals surface area (Å²) in [4.78, 5) is 29.4. The normalized spacial score (nSPS) is 10.8. The molecule has 0 aliphatic carbocycles. The van der Waals surface area contributed by atoms with Crippen LogP contribution >= 0.6 is 11.3 Å². The van der Waals surface area contributed by atoms with Crippen LogP contribution in [0, 0.1) is 0 Å². The lowest BCUT2D eigenvalue weighted by atomic mass is 10.2. The zero-order valence-corrected chi connectivity index (χ0v) is 16.9. The Kier molecular flexibility index (Phi) is 5.76. The number of anilines is 1. The molecule has 4 aromatic rings. The molecule has 0 saturated heterocycles. The van der Waals surface area contributed by atoms with Crippen molar-refractivity contribution in [3.63, 3.8) is 0 Å². The molecule has 0 aliphatic rings. The van der Waals surface area contributed by atoms with E-state index in [1.165, 1.54) is 0 Å². The molecule has 4 rings (SSSR count). The fraction of sp³-hybridized carbons (Fsp3) is 0.182. The molecule has 6 nitrogen and oxygen atoms in total. The maximum Gasteiger partial charge on any atom is 0.239 e. The van der Waals surface area contributed by atoms with E-state index in [4.69, 9.17) is 9.97 Å². The summed E-state index contributed by atoms with van der Waals surface area (Å²) in [5, 5.41) is 5.92. The number of nitrogens with one attached hydrogen (secondary N) is 1. The largest absolute Gasteiger partial charge is 0.350 e. The number of nitrogens with zero attached hydrogens (tertiary/aromatic N) is 4. The second-order valence-electron chi connectivity index (χ2n) is 6.50. The van der Waals surface area contributed by atoms with Gasteiger partial charge in [0.05, 0.1) is 18.6 Å². The standard InChI is InChI=1S/C22H21N5OS/c1-2-27(15-20(28)24-14-17-8-6-12-29-17)22-18-9-3-4-10-19(18)25-21(26-22)16-7-5-11-23-13-16/h3-13H,2,14-15H2,1H3,(H,24,28). The summed E-state index contributed by atoms with van der Waals surface area (Å²) in [6.07, 6.45) is 3.47. The predicted molar refractivity (Wildman–Crippen MR) is 117 cm³/mol. The zero-order valence-electron chi connectivity index (χ0n) is 16.1. The third kappa shape index (κ3) is 4.41. The van der Waals surface area contributed by atoms with Crippen LogP contribution in [0.25, 0.3) is 22.3 Å². The Morgan fingerprint density at radius 1 is 1.10 bits per heavy atom. The van der Waals surface area contributed by atoms with Crippen molar-refractivity contribution < 1.29 is 4.79 Å². The van der Waals surface area contributed by atoms with E-state index in [-0.39, 0.29) is 12.5 Å². The lowest BCUT2D eigenvalue weighted by molar-refractivity contribution is -0.119. The minimum atomic E-state index is -0.0362. The van der Waals surface area contributed by atoms with E-state index in [2.05, 4.69) is 10.3 Å². The number of rotatable bonds is 7. The molecule has 29 heavy (non-hydrogen) atoms. The van der Waals surface area contributed by atoms with Crippen LogP contribution in [-0.4, -0.2) is 33.9 Å². The van der Waals surface area contributed by atoms with E-state index in [0.717, 1.165) is 27.2 Å². The maximum atomic E-state index is 12.6. The Labute approximate surface area is 173 Å². The first-order valence-corrected chi connectivity index (χ1v) is 10.3. The Hall–Kier alpha value is -3.32. The Bertz CT molecular complexity index is 1100. The average molecular weight is 404 g/mol. The topological polar surface area (TPSA) is 71.0 Å². The van der Waals surface area contributed by atoms with Crippen molar-refractivity contribution in [2.24, 2.45) is 0 Å². The van der Waals surface area contributed by atoms with Crippen LogP contribution in [-0.2, 0) is 11.3 Å². The molecule has 1 amide bonds. The highest BCUT2D eigenvalue weighted by Crippen LogP contribution is 2.27. The number of carbonyl (C=O) groups excluding carboxylic acids is 1. The number of hydrogen-bond donors (Lipinski definition) is 1. The molecule has 0 aliphatic heterocycles. The number of likely N-dealkylation sites (N-methyl/N-ethyl adjacent to an activating group) is 1. The summed E-state index contributed by atoms with van der Waals surface area (Å²) in [6, 6.07) is 15.7. The minimum absolute atomic E-state index is 0.0362. The monoisotopic (exact) mass is 403 g/mol. The van der Waals surface area contributed by atoms with Crippen molar-refractivity contribution in [3.8, 4) is 11.4 Å². The fourth-order valence-electron chi connectivity index (χ4n) is 3.09. The molecule has 0 spiro atoms. The molecule has 0 atom stereocenters. The molecule has 1 N–H and O–H groups in total. The van der Waals surface area contributed by atoms with Crippen molar-refractivity contribution in [1.82, 2.24) is 20.3 Å². The number of aromatic nitrogens is 3. The Balaban J connectivity index is 1.63. The highest BCUT2D eigenvalue weighted by atomic mass is 32.1. The van der Waals surface area contributed by atoms with Gasteiger partial charge in [-0.3, -0.25) is 9.78 Å². The number of amides is 1. The van der Waals surface area contributed by atoms with Gasteiger partial charge in [0.15, 0.2) is 5.82 Å². The van der Waals surface area contributed by atoms with Gasteiger partial charge in [-0.25, -0.2) is 9.97 Å². The first-order chi connectivity index (χ1) is 14.2. The van der Waals surface area contributed by atoms with E-state index in [1.807, 2.05) is 65.7 Å². The SMILES string of the molecule is CCN(CC(=O)NCc1cccs1)c1nc(-c2cccnc2)nc2ccccc12. The van der Waals surface area contributed by atoms with Gasteiger partial charge in [0, 0.05) is 34.8 Å². The number of thiophene rings is 1. The van der Waals surface area contributed by atoms with Crippen molar-refractivity contribution >= 4 is 34.0 Å². The number of benzene rings is 1. The molecule has 0 fully saturated rings. The molecule has 0 radical (unpaired) electrons. The fourth-order valence-corrected chi connectivity index (χ4v) is 3.73. The molecule has 0 bridgehead atoms. The summed E-state index contributed by atoms with van der Waals surface area (Å²) in [5.41, 5.74) is 1.69. The van der Waals surface area contributed by atoms with E-state index >= 15 is 0 Å². The van der Waals surface area contributed by atoms with Gasteiger partial charge in [-0.1, -0.05) is 18.2 Å².